The molecule has 5 rings (SSSR count). The molecule has 0 saturated carbocycles. The lowest BCUT2D eigenvalue weighted by molar-refractivity contribution is -0.153. The van der Waals surface area contributed by atoms with Gasteiger partial charge in [-0.1, -0.05) is 61.0 Å². The molecule has 3 aliphatic heterocycles. The maximum absolute atomic E-state index is 14.7. The van der Waals surface area contributed by atoms with E-state index < -0.39 is 35.1 Å². The molecule has 9 heteroatoms. The number of likely N-dealkylation sites (tertiary alicyclic amines) is 1. The molecule has 43 heavy (non-hydrogen) atoms. The van der Waals surface area contributed by atoms with Crippen molar-refractivity contribution in [1.82, 2.24) is 9.80 Å². The molecular weight excluding hydrogens is 566 g/mol. The second-order valence-corrected chi connectivity index (χ2v) is 12.3. The first kappa shape index (κ1) is 31.0. The molecular formula is C34H40ClN3O5. The summed E-state index contributed by atoms with van der Waals surface area (Å²) in [5, 5.41) is 10.8. The minimum absolute atomic E-state index is 0.184. The molecule has 3 amide bonds. The van der Waals surface area contributed by atoms with Crippen molar-refractivity contribution in [3.8, 4) is 0 Å². The van der Waals surface area contributed by atoms with E-state index in [0.29, 0.717) is 43.1 Å². The molecule has 1 N–H and O–H groups in total. The number of hydrogen-bond donors (Lipinski definition) is 1. The van der Waals surface area contributed by atoms with Crippen LogP contribution in [-0.2, 0) is 25.7 Å². The summed E-state index contributed by atoms with van der Waals surface area (Å²) < 4.78 is 6.93. The Hall–Kier alpha value is -3.46. The number of rotatable bonds is 12. The fourth-order valence-electron chi connectivity index (χ4n) is 7.48. The van der Waals surface area contributed by atoms with Gasteiger partial charge in [-0.2, -0.15) is 0 Å². The third-order valence-electron chi connectivity index (χ3n) is 9.45. The summed E-state index contributed by atoms with van der Waals surface area (Å²) in [6.45, 7) is 11.9. The third-order valence-corrected chi connectivity index (χ3v) is 9.70. The second kappa shape index (κ2) is 12.3. The SMILES string of the molecule is C=CCN(Cc1ccccc1)C(=O)[C@H]1[C@H]2C(=O)N([C@H](C)CO)C(C(=O)N(CC=C)c3ccc(Cl)cc3)C23CC[C@]1(CC)O3. The summed E-state index contributed by atoms with van der Waals surface area (Å²) in [4.78, 5) is 48.5. The van der Waals surface area contributed by atoms with E-state index in [1.54, 1.807) is 53.1 Å². The van der Waals surface area contributed by atoms with Crippen LogP contribution in [0.3, 0.4) is 0 Å². The van der Waals surface area contributed by atoms with Gasteiger partial charge in [0.1, 0.15) is 11.6 Å². The van der Waals surface area contributed by atoms with E-state index in [1.165, 1.54) is 4.90 Å². The molecule has 3 fully saturated rings. The van der Waals surface area contributed by atoms with Crippen molar-refractivity contribution in [3.63, 3.8) is 0 Å². The monoisotopic (exact) mass is 605 g/mol. The fourth-order valence-corrected chi connectivity index (χ4v) is 7.61. The topological polar surface area (TPSA) is 90.4 Å². The highest BCUT2D eigenvalue weighted by atomic mass is 35.5. The Morgan fingerprint density at radius 2 is 1.77 bits per heavy atom. The summed E-state index contributed by atoms with van der Waals surface area (Å²) in [6, 6.07) is 14.9. The Bertz CT molecular complexity index is 1380. The van der Waals surface area contributed by atoms with Crippen LogP contribution in [0.2, 0.25) is 5.02 Å². The van der Waals surface area contributed by atoms with E-state index in [0.717, 1.165) is 5.56 Å². The average molecular weight is 606 g/mol. The summed E-state index contributed by atoms with van der Waals surface area (Å²) in [7, 11) is 0. The van der Waals surface area contributed by atoms with Crippen molar-refractivity contribution < 1.29 is 24.2 Å². The zero-order valence-electron chi connectivity index (χ0n) is 24.8. The highest BCUT2D eigenvalue weighted by molar-refractivity contribution is 6.30. The summed E-state index contributed by atoms with van der Waals surface area (Å²) in [5.74, 6) is -2.50. The highest BCUT2D eigenvalue weighted by Gasteiger charge is 2.79. The first-order valence-electron chi connectivity index (χ1n) is 14.9. The van der Waals surface area contributed by atoms with Crippen LogP contribution in [0.25, 0.3) is 0 Å². The van der Waals surface area contributed by atoms with Crippen molar-refractivity contribution in [2.45, 2.75) is 62.9 Å². The molecule has 2 aromatic rings. The van der Waals surface area contributed by atoms with Crippen LogP contribution in [0, 0.1) is 11.8 Å². The van der Waals surface area contributed by atoms with Crippen molar-refractivity contribution in [2.75, 3.05) is 24.6 Å². The smallest absolute Gasteiger partial charge is 0.253 e. The number of nitrogens with zero attached hydrogens (tertiary/aromatic N) is 3. The lowest BCUT2D eigenvalue weighted by Crippen LogP contribution is -2.58. The highest BCUT2D eigenvalue weighted by Crippen LogP contribution is 2.65. The molecule has 8 nitrogen and oxygen atoms in total. The Morgan fingerprint density at radius 1 is 1.09 bits per heavy atom. The molecule has 2 bridgehead atoms. The van der Waals surface area contributed by atoms with Crippen molar-refractivity contribution in [3.05, 3.63) is 90.5 Å². The lowest BCUT2D eigenvalue weighted by atomic mass is 9.64. The van der Waals surface area contributed by atoms with Gasteiger partial charge in [0.2, 0.25) is 11.8 Å². The van der Waals surface area contributed by atoms with E-state index in [1.807, 2.05) is 37.3 Å². The number of fused-ring (bicyclic) bond motifs is 1. The zero-order valence-corrected chi connectivity index (χ0v) is 25.6. The van der Waals surface area contributed by atoms with Gasteiger partial charge in [-0.15, -0.1) is 13.2 Å². The number of aliphatic hydroxyl groups is 1. The fraction of sp³-hybridized carbons (Fsp3) is 0.441. The third kappa shape index (κ3) is 5.09. The number of amides is 3. The maximum atomic E-state index is 14.7. The van der Waals surface area contributed by atoms with Gasteiger partial charge in [0, 0.05) is 30.3 Å². The average Bonchev–Trinajstić information content (AvgIpc) is 3.63. The van der Waals surface area contributed by atoms with E-state index in [9.17, 15) is 19.5 Å². The number of aliphatic hydroxyl groups excluding tert-OH is 1. The normalized spacial score (nSPS) is 28.0. The van der Waals surface area contributed by atoms with E-state index in [4.69, 9.17) is 16.3 Å². The van der Waals surface area contributed by atoms with E-state index >= 15 is 0 Å². The predicted molar refractivity (Wildman–Crippen MR) is 166 cm³/mol. The first-order chi connectivity index (χ1) is 20.7. The summed E-state index contributed by atoms with van der Waals surface area (Å²) in [5.41, 5.74) is -0.536. The van der Waals surface area contributed by atoms with Crippen LogP contribution in [-0.4, -0.2) is 75.6 Å². The summed E-state index contributed by atoms with van der Waals surface area (Å²) in [6.07, 6.45) is 4.83. The summed E-state index contributed by atoms with van der Waals surface area (Å²) >= 11 is 6.14. The predicted octanol–water partition coefficient (Wildman–Crippen LogP) is 4.61. The second-order valence-electron chi connectivity index (χ2n) is 11.8. The number of ether oxygens (including phenoxy) is 1. The molecule has 6 atom stereocenters. The Morgan fingerprint density at radius 3 is 2.37 bits per heavy atom. The van der Waals surface area contributed by atoms with Gasteiger partial charge < -0.3 is 24.5 Å². The molecule has 3 heterocycles. The van der Waals surface area contributed by atoms with Crippen LogP contribution in [0.15, 0.2) is 79.9 Å². The van der Waals surface area contributed by atoms with Gasteiger partial charge in [0.15, 0.2) is 0 Å². The molecule has 0 aromatic heterocycles. The van der Waals surface area contributed by atoms with Gasteiger partial charge >= 0.3 is 0 Å². The maximum Gasteiger partial charge on any atom is 0.253 e. The number of hydrogen-bond acceptors (Lipinski definition) is 5. The van der Waals surface area contributed by atoms with Crippen molar-refractivity contribution in [1.29, 1.82) is 0 Å². The van der Waals surface area contributed by atoms with Crippen LogP contribution < -0.4 is 4.90 Å². The largest absolute Gasteiger partial charge is 0.394 e. The number of anilines is 1. The molecule has 3 aliphatic rings. The Balaban J connectivity index is 1.59. The van der Waals surface area contributed by atoms with Crippen molar-refractivity contribution >= 4 is 35.0 Å². The van der Waals surface area contributed by atoms with Gasteiger partial charge in [0.25, 0.3) is 5.91 Å². The van der Waals surface area contributed by atoms with Gasteiger partial charge in [-0.3, -0.25) is 14.4 Å². The minimum Gasteiger partial charge on any atom is -0.394 e. The van der Waals surface area contributed by atoms with Gasteiger partial charge in [0.05, 0.1) is 30.1 Å². The molecule has 0 radical (unpaired) electrons. The van der Waals surface area contributed by atoms with Crippen LogP contribution >= 0.6 is 11.6 Å². The van der Waals surface area contributed by atoms with E-state index in [-0.39, 0.29) is 30.9 Å². The Kier molecular flexibility index (Phi) is 8.84. The molecule has 228 valence electrons. The Labute approximate surface area is 258 Å². The standard InChI is InChI=1S/C34H40ClN3O5/c1-5-19-36(21-24-11-9-8-10-12-24)30(40)27-28-31(41)38(23(4)22-39)29(34(28)18-17-33(27,7-3)43-34)32(42)37(20-6-2)26-15-13-25(35)14-16-26/h5-6,8-16,23,27-29,39H,1-2,7,17-22H2,3-4H3/t23-,27-,28+,29?,33+,34?/m1/s1. The molecule has 0 aliphatic carbocycles. The van der Waals surface area contributed by atoms with E-state index in [2.05, 4.69) is 13.2 Å². The van der Waals surface area contributed by atoms with Crippen LogP contribution in [0.1, 0.15) is 38.7 Å². The lowest BCUT2D eigenvalue weighted by Gasteiger charge is -2.38. The molecule has 2 unspecified atom stereocenters. The number of benzene rings is 2. The zero-order chi connectivity index (χ0) is 30.9. The van der Waals surface area contributed by atoms with Gasteiger partial charge in [-0.25, -0.2) is 0 Å². The van der Waals surface area contributed by atoms with Gasteiger partial charge in [-0.05, 0) is 56.0 Å². The number of halogens is 1. The van der Waals surface area contributed by atoms with Crippen LogP contribution in [0.4, 0.5) is 5.69 Å². The molecule has 2 aromatic carbocycles. The van der Waals surface area contributed by atoms with Crippen LogP contribution in [0.5, 0.6) is 0 Å². The minimum atomic E-state index is -1.22. The number of carbonyl (C=O) groups is 3. The quantitative estimate of drug-likeness (QED) is 0.357. The molecule has 1 spiro atoms. The first-order valence-corrected chi connectivity index (χ1v) is 15.3. The molecule has 3 saturated heterocycles. The van der Waals surface area contributed by atoms with Crippen molar-refractivity contribution in [2.24, 2.45) is 11.8 Å². The number of carbonyl (C=O) groups excluding carboxylic acids is 3.